The van der Waals surface area contributed by atoms with E-state index >= 15 is 0 Å². The third-order valence-electron chi connectivity index (χ3n) is 3.02. The van der Waals surface area contributed by atoms with Gasteiger partial charge in [-0.25, -0.2) is 4.79 Å². The van der Waals surface area contributed by atoms with Crippen LogP contribution in [0, 0.1) is 6.92 Å². The quantitative estimate of drug-likeness (QED) is 0.856. The van der Waals surface area contributed by atoms with Crippen molar-refractivity contribution in [1.82, 2.24) is 4.98 Å². The SMILES string of the molecule is CCc1c(C(=O)O)[nH]c2c(OC)ccc(C)c12. The summed E-state index contributed by atoms with van der Waals surface area (Å²) in [5.41, 5.74) is 2.92. The first-order valence-electron chi connectivity index (χ1n) is 5.51. The number of fused-ring (bicyclic) bond motifs is 1. The molecule has 1 heterocycles. The number of methoxy groups -OCH3 is 1. The van der Waals surface area contributed by atoms with E-state index < -0.39 is 5.97 Å². The Morgan fingerprint density at radius 3 is 2.71 bits per heavy atom. The molecule has 0 radical (unpaired) electrons. The Labute approximate surface area is 99.2 Å². The van der Waals surface area contributed by atoms with E-state index in [1.54, 1.807) is 7.11 Å². The van der Waals surface area contributed by atoms with Gasteiger partial charge in [-0.2, -0.15) is 0 Å². The summed E-state index contributed by atoms with van der Waals surface area (Å²) in [5, 5.41) is 10.1. The van der Waals surface area contributed by atoms with Gasteiger partial charge in [0.25, 0.3) is 0 Å². The molecule has 2 rings (SSSR count). The van der Waals surface area contributed by atoms with Gasteiger partial charge in [-0.1, -0.05) is 13.0 Å². The van der Waals surface area contributed by atoms with Gasteiger partial charge in [0.15, 0.2) is 0 Å². The molecule has 4 heteroatoms. The Hall–Kier alpha value is -1.97. The topological polar surface area (TPSA) is 62.3 Å². The van der Waals surface area contributed by atoms with Crippen LogP contribution in [0.3, 0.4) is 0 Å². The molecule has 0 aliphatic carbocycles. The van der Waals surface area contributed by atoms with Crippen molar-refractivity contribution in [2.75, 3.05) is 7.11 Å². The molecule has 0 saturated carbocycles. The highest BCUT2D eigenvalue weighted by molar-refractivity contribution is 6.00. The number of carbonyl (C=O) groups is 1. The minimum absolute atomic E-state index is 0.259. The standard InChI is InChI=1S/C13H15NO3/c1-4-8-10-7(2)5-6-9(17-3)12(10)14-11(8)13(15)16/h5-6,14H,4H2,1-3H3,(H,15,16). The maximum absolute atomic E-state index is 11.2. The highest BCUT2D eigenvalue weighted by Crippen LogP contribution is 2.32. The van der Waals surface area contributed by atoms with E-state index in [0.717, 1.165) is 22.0 Å². The van der Waals surface area contributed by atoms with Gasteiger partial charge >= 0.3 is 5.97 Å². The summed E-state index contributed by atoms with van der Waals surface area (Å²) in [6.07, 6.45) is 0.676. The Balaban J connectivity index is 2.89. The molecule has 0 aliphatic rings. The van der Waals surface area contributed by atoms with Crippen molar-refractivity contribution in [1.29, 1.82) is 0 Å². The van der Waals surface area contributed by atoms with Crippen LogP contribution < -0.4 is 4.74 Å². The number of rotatable bonds is 3. The predicted octanol–water partition coefficient (Wildman–Crippen LogP) is 2.75. The van der Waals surface area contributed by atoms with Crippen molar-refractivity contribution in [3.8, 4) is 5.75 Å². The zero-order valence-electron chi connectivity index (χ0n) is 10.1. The minimum atomic E-state index is -0.931. The number of aryl methyl sites for hydroxylation is 2. The summed E-state index contributed by atoms with van der Waals surface area (Å²) in [6, 6.07) is 3.79. The van der Waals surface area contributed by atoms with Gasteiger partial charge in [0.1, 0.15) is 11.4 Å². The number of aromatic nitrogens is 1. The number of aromatic amines is 1. The molecule has 4 nitrogen and oxygen atoms in total. The fraction of sp³-hybridized carbons (Fsp3) is 0.308. The molecule has 2 N–H and O–H groups in total. The zero-order valence-corrected chi connectivity index (χ0v) is 10.1. The van der Waals surface area contributed by atoms with Crippen molar-refractivity contribution >= 4 is 16.9 Å². The van der Waals surface area contributed by atoms with Gasteiger partial charge in [0.05, 0.1) is 12.6 Å². The van der Waals surface area contributed by atoms with Gasteiger partial charge in [0, 0.05) is 5.39 Å². The van der Waals surface area contributed by atoms with Gasteiger partial charge in [-0.3, -0.25) is 0 Å². The second kappa shape index (κ2) is 4.13. The maximum atomic E-state index is 11.2. The molecular formula is C13H15NO3. The second-order valence-corrected chi connectivity index (χ2v) is 3.97. The van der Waals surface area contributed by atoms with E-state index in [4.69, 9.17) is 4.74 Å². The molecule has 1 aromatic heterocycles. The first-order valence-corrected chi connectivity index (χ1v) is 5.51. The number of carboxylic acids is 1. The Morgan fingerprint density at radius 2 is 2.18 bits per heavy atom. The number of H-pyrrole nitrogens is 1. The summed E-state index contributed by atoms with van der Waals surface area (Å²) < 4.78 is 5.25. The van der Waals surface area contributed by atoms with E-state index in [1.807, 2.05) is 26.0 Å². The van der Waals surface area contributed by atoms with Crippen molar-refractivity contribution < 1.29 is 14.6 Å². The lowest BCUT2D eigenvalue weighted by molar-refractivity contribution is 0.0690. The number of nitrogens with one attached hydrogen (secondary N) is 1. The molecule has 90 valence electrons. The molecule has 1 aromatic carbocycles. The molecule has 0 fully saturated rings. The van der Waals surface area contributed by atoms with Crippen LogP contribution in [0.2, 0.25) is 0 Å². The smallest absolute Gasteiger partial charge is 0.352 e. The molecule has 0 saturated heterocycles. The lowest BCUT2D eigenvalue weighted by Gasteiger charge is -2.04. The fourth-order valence-corrected chi connectivity index (χ4v) is 2.23. The first kappa shape index (κ1) is 11.5. The van der Waals surface area contributed by atoms with Gasteiger partial charge < -0.3 is 14.8 Å². The average Bonchev–Trinajstić information content (AvgIpc) is 2.70. The molecule has 0 aliphatic heterocycles. The van der Waals surface area contributed by atoms with Crippen LogP contribution in [-0.4, -0.2) is 23.2 Å². The van der Waals surface area contributed by atoms with Crippen LogP contribution in [0.5, 0.6) is 5.75 Å². The third kappa shape index (κ3) is 1.65. The van der Waals surface area contributed by atoms with E-state index in [0.29, 0.717) is 12.2 Å². The Morgan fingerprint density at radius 1 is 1.47 bits per heavy atom. The first-order chi connectivity index (χ1) is 8.10. The number of hydrogen-bond donors (Lipinski definition) is 2. The van der Waals surface area contributed by atoms with Crippen molar-refractivity contribution in [3.05, 3.63) is 29.0 Å². The van der Waals surface area contributed by atoms with Crippen LogP contribution in [0.4, 0.5) is 0 Å². The number of hydrogen-bond acceptors (Lipinski definition) is 2. The normalized spacial score (nSPS) is 10.8. The van der Waals surface area contributed by atoms with Gasteiger partial charge in [-0.05, 0) is 30.5 Å². The number of benzene rings is 1. The average molecular weight is 233 g/mol. The molecular weight excluding hydrogens is 218 g/mol. The zero-order chi connectivity index (χ0) is 12.6. The molecule has 0 unspecified atom stereocenters. The van der Waals surface area contributed by atoms with E-state index in [1.165, 1.54) is 0 Å². The van der Waals surface area contributed by atoms with Crippen LogP contribution in [0.15, 0.2) is 12.1 Å². The van der Waals surface area contributed by atoms with E-state index in [-0.39, 0.29) is 5.69 Å². The highest BCUT2D eigenvalue weighted by Gasteiger charge is 2.19. The third-order valence-corrected chi connectivity index (χ3v) is 3.02. The highest BCUT2D eigenvalue weighted by atomic mass is 16.5. The summed E-state index contributed by atoms with van der Waals surface area (Å²) in [7, 11) is 1.58. The van der Waals surface area contributed by atoms with Gasteiger partial charge in [-0.15, -0.1) is 0 Å². The number of carboxylic acid groups (broad SMARTS) is 1. The van der Waals surface area contributed by atoms with Gasteiger partial charge in [0.2, 0.25) is 0 Å². The molecule has 0 bridgehead atoms. The lowest BCUT2D eigenvalue weighted by Crippen LogP contribution is -2.00. The lowest BCUT2D eigenvalue weighted by atomic mass is 10.0. The molecule has 0 atom stereocenters. The van der Waals surface area contributed by atoms with Crippen LogP contribution in [0.1, 0.15) is 28.5 Å². The van der Waals surface area contributed by atoms with Crippen molar-refractivity contribution in [2.24, 2.45) is 0 Å². The van der Waals surface area contributed by atoms with Crippen LogP contribution in [-0.2, 0) is 6.42 Å². The predicted molar refractivity (Wildman–Crippen MR) is 65.9 cm³/mol. The van der Waals surface area contributed by atoms with Crippen LogP contribution in [0.25, 0.3) is 10.9 Å². The minimum Gasteiger partial charge on any atom is -0.495 e. The number of ether oxygens (including phenoxy) is 1. The molecule has 2 aromatic rings. The van der Waals surface area contributed by atoms with E-state index in [9.17, 15) is 9.90 Å². The largest absolute Gasteiger partial charge is 0.495 e. The van der Waals surface area contributed by atoms with Crippen molar-refractivity contribution in [3.63, 3.8) is 0 Å². The Bertz CT molecular complexity index is 584. The summed E-state index contributed by atoms with van der Waals surface area (Å²) >= 11 is 0. The Kier molecular flexibility index (Phi) is 2.79. The second-order valence-electron chi connectivity index (χ2n) is 3.97. The fourth-order valence-electron chi connectivity index (χ4n) is 2.23. The molecule has 0 amide bonds. The van der Waals surface area contributed by atoms with Crippen LogP contribution >= 0.6 is 0 Å². The van der Waals surface area contributed by atoms with E-state index in [2.05, 4.69) is 4.98 Å². The summed E-state index contributed by atoms with van der Waals surface area (Å²) in [6.45, 7) is 3.92. The summed E-state index contributed by atoms with van der Waals surface area (Å²) in [4.78, 5) is 14.1. The molecule has 0 spiro atoms. The number of aromatic carboxylic acids is 1. The van der Waals surface area contributed by atoms with Crippen molar-refractivity contribution in [2.45, 2.75) is 20.3 Å². The monoisotopic (exact) mass is 233 g/mol. The maximum Gasteiger partial charge on any atom is 0.352 e. The summed E-state index contributed by atoms with van der Waals surface area (Å²) in [5.74, 6) is -0.257. The molecule has 17 heavy (non-hydrogen) atoms.